The number of hydrogen-bond donors (Lipinski definition) is 1. The number of benzene rings is 2. The monoisotopic (exact) mass is 272 g/mol. The molecule has 0 heterocycles. The third-order valence-electron chi connectivity index (χ3n) is 4.25. The van der Waals surface area contributed by atoms with Crippen LogP contribution >= 0.6 is 11.6 Å². The molecule has 0 aliphatic heterocycles. The summed E-state index contributed by atoms with van der Waals surface area (Å²) in [5.74, 6) is 0.322. The normalized spacial score (nSPS) is 17.5. The van der Waals surface area contributed by atoms with Crippen molar-refractivity contribution in [1.82, 2.24) is 0 Å². The Morgan fingerprint density at radius 3 is 2.21 bits per heavy atom. The van der Waals surface area contributed by atoms with Crippen molar-refractivity contribution in [3.05, 3.63) is 64.7 Å². The van der Waals surface area contributed by atoms with Crippen LogP contribution in [0.4, 0.5) is 0 Å². The number of halogens is 1. The Hall–Kier alpha value is -1.47. The molecular weight excluding hydrogens is 256 g/mol. The van der Waals surface area contributed by atoms with E-state index in [2.05, 4.69) is 12.1 Å². The maximum absolute atomic E-state index is 9.48. The molecule has 0 aromatic heterocycles. The summed E-state index contributed by atoms with van der Waals surface area (Å²) in [6.45, 7) is 0. The molecule has 1 aliphatic rings. The van der Waals surface area contributed by atoms with E-state index in [1.807, 2.05) is 24.3 Å². The van der Waals surface area contributed by atoms with Gasteiger partial charge < -0.3 is 5.11 Å². The molecule has 0 unspecified atom stereocenters. The minimum Gasteiger partial charge on any atom is -0.508 e. The molecule has 1 N–H and O–H groups in total. The van der Waals surface area contributed by atoms with Crippen molar-refractivity contribution < 1.29 is 5.11 Å². The highest BCUT2D eigenvalue weighted by Crippen LogP contribution is 2.47. The summed E-state index contributed by atoms with van der Waals surface area (Å²) in [5, 5.41) is 10.3. The Balaban J connectivity index is 2.11. The van der Waals surface area contributed by atoms with Crippen molar-refractivity contribution in [2.24, 2.45) is 0 Å². The van der Waals surface area contributed by atoms with E-state index < -0.39 is 0 Å². The van der Waals surface area contributed by atoms with Gasteiger partial charge in [-0.15, -0.1) is 0 Å². The van der Waals surface area contributed by atoms with Crippen LogP contribution in [-0.4, -0.2) is 5.11 Å². The predicted octanol–water partition coefficient (Wildman–Crippen LogP) is 4.91. The molecule has 0 spiro atoms. The zero-order valence-corrected chi connectivity index (χ0v) is 11.5. The quantitative estimate of drug-likeness (QED) is 0.824. The van der Waals surface area contributed by atoms with Crippen LogP contribution in [0.5, 0.6) is 5.75 Å². The van der Waals surface area contributed by atoms with Gasteiger partial charge in [0.2, 0.25) is 0 Å². The standard InChI is InChI=1S/C17H17ClO/c18-15-5-3-4-14(12-15)17(10-1-2-11-17)13-6-8-16(19)9-7-13/h3-9,12,19H,1-2,10-11H2. The van der Waals surface area contributed by atoms with Crippen LogP contribution in [0, 0.1) is 0 Å². The number of phenols is 1. The van der Waals surface area contributed by atoms with Gasteiger partial charge in [0, 0.05) is 10.4 Å². The smallest absolute Gasteiger partial charge is 0.115 e. The molecule has 1 saturated carbocycles. The fourth-order valence-electron chi connectivity index (χ4n) is 3.29. The zero-order valence-electron chi connectivity index (χ0n) is 10.8. The lowest BCUT2D eigenvalue weighted by Gasteiger charge is -2.30. The van der Waals surface area contributed by atoms with E-state index in [0.29, 0.717) is 5.75 Å². The lowest BCUT2D eigenvalue weighted by Crippen LogP contribution is -2.23. The minimum atomic E-state index is 0.0681. The lowest BCUT2D eigenvalue weighted by molar-refractivity contribution is 0.473. The van der Waals surface area contributed by atoms with Gasteiger partial charge in [0.05, 0.1) is 0 Å². The lowest BCUT2D eigenvalue weighted by atomic mass is 9.73. The van der Waals surface area contributed by atoms with E-state index in [-0.39, 0.29) is 5.41 Å². The Labute approximate surface area is 118 Å². The van der Waals surface area contributed by atoms with Gasteiger partial charge in [-0.25, -0.2) is 0 Å². The van der Waals surface area contributed by atoms with Crippen molar-refractivity contribution in [3.63, 3.8) is 0 Å². The fourth-order valence-corrected chi connectivity index (χ4v) is 3.48. The largest absolute Gasteiger partial charge is 0.508 e. The first kappa shape index (κ1) is 12.6. The highest BCUT2D eigenvalue weighted by Gasteiger charge is 2.37. The van der Waals surface area contributed by atoms with Crippen molar-refractivity contribution in [2.45, 2.75) is 31.1 Å². The Kier molecular flexibility index (Phi) is 3.24. The van der Waals surface area contributed by atoms with Gasteiger partial charge in [0.25, 0.3) is 0 Å². The van der Waals surface area contributed by atoms with Crippen LogP contribution < -0.4 is 0 Å². The Morgan fingerprint density at radius 2 is 1.58 bits per heavy atom. The molecule has 0 amide bonds. The van der Waals surface area contributed by atoms with Gasteiger partial charge in [-0.2, -0.15) is 0 Å². The first-order valence-corrected chi connectivity index (χ1v) is 7.14. The molecule has 0 saturated heterocycles. The minimum absolute atomic E-state index is 0.0681. The SMILES string of the molecule is Oc1ccc(C2(c3cccc(Cl)c3)CCCC2)cc1. The van der Waals surface area contributed by atoms with E-state index in [0.717, 1.165) is 17.9 Å². The predicted molar refractivity (Wildman–Crippen MR) is 78.8 cm³/mol. The molecule has 3 rings (SSSR count). The maximum Gasteiger partial charge on any atom is 0.115 e. The molecule has 0 atom stereocenters. The van der Waals surface area contributed by atoms with E-state index in [4.69, 9.17) is 11.6 Å². The van der Waals surface area contributed by atoms with E-state index in [1.165, 1.54) is 24.0 Å². The van der Waals surface area contributed by atoms with Crippen molar-refractivity contribution >= 4 is 11.6 Å². The van der Waals surface area contributed by atoms with Crippen LogP contribution in [-0.2, 0) is 5.41 Å². The van der Waals surface area contributed by atoms with Gasteiger partial charge in [-0.1, -0.05) is 48.7 Å². The molecule has 1 aliphatic carbocycles. The molecule has 0 radical (unpaired) electrons. The van der Waals surface area contributed by atoms with Gasteiger partial charge in [0.15, 0.2) is 0 Å². The number of aromatic hydroxyl groups is 1. The molecule has 98 valence electrons. The van der Waals surface area contributed by atoms with Crippen molar-refractivity contribution in [2.75, 3.05) is 0 Å². The van der Waals surface area contributed by atoms with Crippen molar-refractivity contribution in [3.8, 4) is 5.75 Å². The zero-order chi connectivity index (χ0) is 13.3. The highest BCUT2D eigenvalue weighted by atomic mass is 35.5. The summed E-state index contributed by atoms with van der Waals surface area (Å²) >= 11 is 6.16. The number of rotatable bonds is 2. The second-order valence-electron chi connectivity index (χ2n) is 5.35. The highest BCUT2D eigenvalue weighted by molar-refractivity contribution is 6.30. The summed E-state index contributed by atoms with van der Waals surface area (Å²) in [6, 6.07) is 15.8. The van der Waals surface area contributed by atoms with Gasteiger partial charge in [-0.3, -0.25) is 0 Å². The molecule has 2 aromatic carbocycles. The summed E-state index contributed by atoms with van der Waals surface area (Å²) in [7, 11) is 0. The fraction of sp³-hybridized carbons (Fsp3) is 0.294. The summed E-state index contributed by atoms with van der Waals surface area (Å²) < 4.78 is 0. The van der Waals surface area contributed by atoms with Gasteiger partial charge in [0.1, 0.15) is 5.75 Å². The van der Waals surface area contributed by atoms with Gasteiger partial charge in [-0.05, 0) is 48.2 Å². The second kappa shape index (κ2) is 4.90. The summed E-state index contributed by atoms with van der Waals surface area (Å²) in [6.07, 6.45) is 4.79. The molecular formula is C17H17ClO. The van der Waals surface area contributed by atoms with Crippen LogP contribution in [0.2, 0.25) is 5.02 Å². The summed E-state index contributed by atoms with van der Waals surface area (Å²) in [5.41, 5.74) is 2.65. The number of hydrogen-bond acceptors (Lipinski definition) is 1. The van der Waals surface area contributed by atoms with Crippen LogP contribution in [0.25, 0.3) is 0 Å². The average molecular weight is 273 g/mol. The first-order valence-electron chi connectivity index (χ1n) is 6.76. The molecule has 1 nitrogen and oxygen atoms in total. The van der Waals surface area contributed by atoms with Crippen LogP contribution in [0.3, 0.4) is 0 Å². The number of phenolic OH excluding ortho intramolecular Hbond substituents is 1. The van der Waals surface area contributed by atoms with E-state index >= 15 is 0 Å². The summed E-state index contributed by atoms with van der Waals surface area (Å²) in [4.78, 5) is 0. The molecule has 0 bridgehead atoms. The van der Waals surface area contributed by atoms with Gasteiger partial charge >= 0.3 is 0 Å². The molecule has 2 aromatic rings. The molecule has 1 fully saturated rings. The Morgan fingerprint density at radius 1 is 0.895 bits per heavy atom. The third kappa shape index (κ3) is 2.23. The van der Waals surface area contributed by atoms with Crippen LogP contribution in [0.15, 0.2) is 48.5 Å². The van der Waals surface area contributed by atoms with Crippen molar-refractivity contribution in [1.29, 1.82) is 0 Å². The van der Waals surface area contributed by atoms with E-state index in [1.54, 1.807) is 12.1 Å². The first-order chi connectivity index (χ1) is 9.21. The average Bonchev–Trinajstić information content (AvgIpc) is 2.90. The Bertz CT molecular complexity index is 568. The third-order valence-corrected chi connectivity index (χ3v) is 4.49. The topological polar surface area (TPSA) is 20.2 Å². The van der Waals surface area contributed by atoms with E-state index in [9.17, 15) is 5.11 Å². The maximum atomic E-state index is 9.48. The molecule has 19 heavy (non-hydrogen) atoms. The van der Waals surface area contributed by atoms with Crippen LogP contribution in [0.1, 0.15) is 36.8 Å². The second-order valence-corrected chi connectivity index (χ2v) is 5.78. The molecule has 2 heteroatoms.